The monoisotopic (exact) mass is 389 g/mol. The number of amides is 2. The molecule has 0 aliphatic carbocycles. The van der Waals surface area contributed by atoms with Gasteiger partial charge in [-0.05, 0) is 30.4 Å². The summed E-state index contributed by atoms with van der Waals surface area (Å²) in [6.45, 7) is 4.02. The third-order valence-electron chi connectivity index (χ3n) is 4.52. The van der Waals surface area contributed by atoms with Crippen molar-refractivity contribution in [3.8, 4) is 0 Å². The highest BCUT2D eigenvalue weighted by Crippen LogP contribution is 2.33. The van der Waals surface area contributed by atoms with Gasteiger partial charge in [-0.1, -0.05) is 23.2 Å². The normalized spacial score (nSPS) is 24.8. The lowest BCUT2D eigenvalue weighted by Crippen LogP contribution is -2.59. The van der Waals surface area contributed by atoms with Gasteiger partial charge in [-0.2, -0.15) is 11.8 Å². The molecule has 1 atom stereocenters. The summed E-state index contributed by atoms with van der Waals surface area (Å²) in [4.78, 5) is 14.7. The van der Waals surface area contributed by atoms with Gasteiger partial charge in [0.25, 0.3) is 0 Å². The van der Waals surface area contributed by atoms with Crippen LogP contribution >= 0.6 is 35.0 Å². The first-order valence-corrected chi connectivity index (χ1v) is 9.91. The molecular formula is C16H21Cl2N3O2S. The molecular weight excluding hydrogens is 369 g/mol. The van der Waals surface area contributed by atoms with Crippen LogP contribution in [-0.4, -0.2) is 60.8 Å². The van der Waals surface area contributed by atoms with E-state index < -0.39 is 0 Å². The first kappa shape index (κ1) is 18.1. The van der Waals surface area contributed by atoms with Crippen molar-refractivity contribution in [2.75, 3.05) is 49.7 Å². The number of hydrogen-bond acceptors (Lipinski definition) is 4. The summed E-state index contributed by atoms with van der Waals surface area (Å²) < 4.78 is 5.46. The summed E-state index contributed by atoms with van der Waals surface area (Å²) in [6.07, 6.45) is 1.09. The van der Waals surface area contributed by atoms with Gasteiger partial charge >= 0.3 is 6.03 Å². The number of rotatable bonds is 4. The van der Waals surface area contributed by atoms with Crippen molar-refractivity contribution < 1.29 is 9.53 Å². The van der Waals surface area contributed by atoms with Crippen molar-refractivity contribution in [3.05, 3.63) is 28.2 Å². The average molecular weight is 390 g/mol. The number of halogens is 2. The lowest BCUT2D eigenvalue weighted by Gasteiger charge is -2.43. The number of ether oxygens (including phenoxy) is 1. The van der Waals surface area contributed by atoms with Crippen LogP contribution in [0.25, 0.3) is 0 Å². The summed E-state index contributed by atoms with van der Waals surface area (Å²) in [6, 6.07) is 4.82. The molecule has 8 heteroatoms. The predicted molar refractivity (Wildman–Crippen MR) is 101 cm³/mol. The van der Waals surface area contributed by atoms with E-state index in [1.807, 2.05) is 11.8 Å². The van der Waals surface area contributed by atoms with Gasteiger partial charge in [0, 0.05) is 36.6 Å². The number of hydrogen-bond donors (Lipinski definition) is 2. The van der Waals surface area contributed by atoms with E-state index in [-0.39, 0.29) is 11.6 Å². The van der Waals surface area contributed by atoms with Crippen molar-refractivity contribution in [3.63, 3.8) is 0 Å². The topological polar surface area (TPSA) is 53.6 Å². The highest BCUT2D eigenvalue weighted by molar-refractivity contribution is 7.99. The first-order valence-electron chi connectivity index (χ1n) is 8.00. The van der Waals surface area contributed by atoms with Crippen LogP contribution in [0.15, 0.2) is 18.2 Å². The number of carbonyl (C=O) groups excluding carboxylic acids is 1. The van der Waals surface area contributed by atoms with Crippen LogP contribution < -0.4 is 10.6 Å². The van der Waals surface area contributed by atoms with Crippen LogP contribution in [0.2, 0.25) is 10.0 Å². The zero-order chi connectivity index (χ0) is 17.0. The Morgan fingerprint density at radius 2 is 2.08 bits per heavy atom. The van der Waals surface area contributed by atoms with E-state index in [0.717, 1.165) is 44.2 Å². The maximum absolute atomic E-state index is 12.2. The third-order valence-corrected chi connectivity index (χ3v) is 6.49. The molecule has 2 fully saturated rings. The number of urea groups is 1. The molecule has 2 heterocycles. The number of benzene rings is 1. The van der Waals surface area contributed by atoms with E-state index in [1.165, 1.54) is 0 Å². The zero-order valence-electron chi connectivity index (χ0n) is 13.3. The van der Waals surface area contributed by atoms with Gasteiger partial charge in [-0.15, -0.1) is 0 Å². The van der Waals surface area contributed by atoms with E-state index in [9.17, 15) is 4.79 Å². The number of morpholine rings is 1. The second-order valence-electron chi connectivity index (χ2n) is 6.06. The van der Waals surface area contributed by atoms with Crippen molar-refractivity contribution in [1.29, 1.82) is 0 Å². The van der Waals surface area contributed by atoms with Gasteiger partial charge in [0.05, 0.1) is 23.3 Å². The summed E-state index contributed by atoms with van der Waals surface area (Å²) >= 11 is 13.8. The van der Waals surface area contributed by atoms with Gasteiger partial charge in [0.2, 0.25) is 0 Å². The molecule has 1 aromatic rings. The van der Waals surface area contributed by atoms with E-state index in [1.54, 1.807) is 18.2 Å². The minimum absolute atomic E-state index is 0.0312. The number of nitrogens with zero attached hydrogens (tertiary/aromatic N) is 1. The Bertz CT molecular complexity index is 591. The van der Waals surface area contributed by atoms with Crippen molar-refractivity contribution >= 4 is 46.7 Å². The molecule has 0 spiro atoms. The molecule has 0 unspecified atom stereocenters. The Hall–Kier alpha value is -0.660. The molecule has 2 amide bonds. The molecule has 2 N–H and O–H groups in total. The quantitative estimate of drug-likeness (QED) is 0.828. The van der Waals surface area contributed by atoms with Gasteiger partial charge < -0.3 is 15.4 Å². The Labute approximate surface area is 156 Å². The van der Waals surface area contributed by atoms with Crippen molar-refractivity contribution in [2.24, 2.45) is 0 Å². The molecule has 24 heavy (non-hydrogen) atoms. The summed E-state index contributed by atoms with van der Waals surface area (Å²) in [5.41, 5.74) is 0.659. The SMILES string of the molecule is O=C(NC[C@]1(N2CCOCC2)CCSC1)Nc1ccc(Cl)c(Cl)c1. The Balaban J connectivity index is 1.57. The van der Waals surface area contributed by atoms with Gasteiger partial charge in [-0.25, -0.2) is 4.79 Å². The van der Waals surface area contributed by atoms with E-state index in [0.29, 0.717) is 22.3 Å². The molecule has 0 saturated carbocycles. The molecule has 0 radical (unpaired) electrons. The maximum atomic E-state index is 12.2. The molecule has 5 nitrogen and oxygen atoms in total. The van der Waals surface area contributed by atoms with Crippen LogP contribution in [0.5, 0.6) is 0 Å². The zero-order valence-corrected chi connectivity index (χ0v) is 15.6. The minimum Gasteiger partial charge on any atom is -0.379 e. The summed E-state index contributed by atoms with van der Waals surface area (Å²) in [5, 5.41) is 6.73. The highest BCUT2D eigenvalue weighted by atomic mass is 35.5. The molecule has 2 saturated heterocycles. The number of thioether (sulfide) groups is 1. The Morgan fingerprint density at radius 3 is 2.75 bits per heavy atom. The molecule has 132 valence electrons. The van der Waals surface area contributed by atoms with Crippen molar-refractivity contribution in [1.82, 2.24) is 10.2 Å². The fraction of sp³-hybridized carbons (Fsp3) is 0.562. The van der Waals surface area contributed by atoms with Crippen LogP contribution in [0.4, 0.5) is 10.5 Å². The third kappa shape index (κ3) is 4.29. The first-order chi connectivity index (χ1) is 11.6. The average Bonchev–Trinajstić information content (AvgIpc) is 3.07. The molecule has 1 aromatic carbocycles. The fourth-order valence-electron chi connectivity index (χ4n) is 3.13. The lowest BCUT2D eigenvalue weighted by molar-refractivity contribution is -0.0123. The Morgan fingerprint density at radius 1 is 1.29 bits per heavy atom. The van der Waals surface area contributed by atoms with Crippen LogP contribution in [0, 0.1) is 0 Å². The molecule has 0 aromatic heterocycles. The van der Waals surface area contributed by atoms with Gasteiger partial charge in [0.15, 0.2) is 0 Å². The minimum atomic E-state index is -0.224. The van der Waals surface area contributed by atoms with Crippen LogP contribution in [0.1, 0.15) is 6.42 Å². The highest BCUT2D eigenvalue weighted by Gasteiger charge is 2.40. The smallest absolute Gasteiger partial charge is 0.319 e. The summed E-state index contributed by atoms with van der Waals surface area (Å²) in [5.74, 6) is 2.17. The standard InChI is InChI=1S/C16H21Cl2N3O2S/c17-13-2-1-12(9-14(13)18)20-15(22)19-10-16(3-8-24-11-16)21-4-6-23-7-5-21/h1-2,9H,3-8,10-11H2,(H2,19,20,22)/t16-/m1/s1. The van der Waals surface area contributed by atoms with E-state index in [4.69, 9.17) is 27.9 Å². The van der Waals surface area contributed by atoms with E-state index in [2.05, 4.69) is 15.5 Å². The largest absolute Gasteiger partial charge is 0.379 e. The molecule has 0 bridgehead atoms. The number of carbonyl (C=O) groups is 1. The van der Waals surface area contributed by atoms with Crippen LogP contribution in [-0.2, 0) is 4.74 Å². The van der Waals surface area contributed by atoms with Gasteiger partial charge in [0.1, 0.15) is 0 Å². The fourth-order valence-corrected chi connectivity index (χ4v) is 4.90. The summed E-state index contributed by atoms with van der Waals surface area (Å²) in [7, 11) is 0. The second-order valence-corrected chi connectivity index (χ2v) is 7.98. The molecule has 3 rings (SSSR count). The number of anilines is 1. The molecule has 2 aliphatic heterocycles. The molecule has 2 aliphatic rings. The Kier molecular flexibility index (Phi) is 6.16. The maximum Gasteiger partial charge on any atom is 0.319 e. The van der Waals surface area contributed by atoms with Crippen molar-refractivity contribution in [2.45, 2.75) is 12.0 Å². The predicted octanol–water partition coefficient (Wildman–Crippen LogP) is 3.32. The second kappa shape index (κ2) is 8.15. The van der Waals surface area contributed by atoms with E-state index >= 15 is 0 Å². The lowest BCUT2D eigenvalue weighted by atomic mass is 9.95. The van der Waals surface area contributed by atoms with Crippen LogP contribution in [0.3, 0.4) is 0 Å². The van der Waals surface area contributed by atoms with Gasteiger partial charge in [-0.3, -0.25) is 4.90 Å². The number of nitrogens with one attached hydrogen (secondary N) is 2.